The highest BCUT2D eigenvalue weighted by Gasteiger charge is 2.27. The molecule has 1 aliphatic heterocycles. The zero-order chi connectivity index (χ0) is 21.0. The van der Waals surface area contributed by atoms with Gasteiger partial charge in [0.05, 0.1) is 6.54 Å². The number of carbonyl (C=O) groups excluding carboxylic acids is 1. The van der Waals surface area contributed by atoms with Crippen molar-refractivity contribution in [2.45, 2.75) is 58.8 Å². The van der Waals surface area contributed by atoms with E-state index in [1.54, 1.807) is 11.1 Å². The van der Waals surface area contributed by atoms with Gasteiger partial charge in [0.15, 0.2) is 4.47 Å². The zero-order valence-electron chi connectivity index (χ0n) is 17.3. The first kappa shape index (κ1) is 21.7. The van der Waals surface area contributed by atoms with Crippen LogP contribution in [-0.4, -0.2) is 40.8 Å². The van der Waals surface area contributed by atoms with Crippen molar-refractivity contribution in [1.29, 1.82) is 0 Å². The summed E-state index contributed by atoms with van der Waals surface area (Å²) in [6, 6.07) is 6.09. The van der Waals surface area contributed by atoms with Crippen LogP contribution >= 0.6 is 22.9 Å². The van der Waals surface area contributed by atoms with Crippen LogP contribution in [0.1, 0.15) is 44.1 Å². The number of aryl methyl sites for hydroxylation is 1. The fourth-order valence-electron chi connectivity index (χ4n) is 3.11. The first-order chi connectivity index (χ1) is 13.7. The van der Waals surface area contributed by atoms with Crippen molar-refractivity contribution < 1.29 is 14.3 Å². The summed E-state index contributed by atoms with van der Waals surface area (Å²) in [5.74, 6) is 0.882. The van der Waals surface area contributed by atoms with Crippen molar-refractivity contribution in [2.75, 3.05) is 18.4 Å². The van der Waals surface area contributed by atoms with Gasteiger partial charge in [0, 0.05) is 42.7 Å². The maximum atomic E-state index is 12.2. The van der Waals surface area contributed by atoms with Gasteiger partial charge in [-0.2, -0.15) is 0 Å². The van der Waals surface area contributed by atoms with Gasteiger partial charge in [-0.25, -0.2) is 9.78 Å². The Balaban J connectivity index is 1.49. The highest BCUT2D eigenvalue weighted by atomic mass is 35.5. The molecule has 1 aromatic carbocycles. The van der Waals surface area contributed by atoms with Gasteiger partial charge in [-0.1, -0.05) is 11.6 Å². The number of anilines is 1. The lowest BCUT2D eigenvalue weighted by Crippen LogP contribution is -2.44. The summed E-state index contributed by atoms with van der Waals surface area (Å²) in [5, 5.41) is 3.38. The minimum Gasteiger partial charge on any atom is -0.490 e. The highest BCUT2D eigenvalue weighted by molar-refractivity contribution is 7.15. The Morgan fingerprint density at radius 1 is 1.34 bits per heavy atom. The van der Waals surface area contributed by atoms with Gasteiger partial charge >= 0.3 is 6.09 Å². The molecule has 0 atom stereocenters. The lowest BCUT2D eigenvalue weighted by atomic mass is 10.1. The predicted octanol–water partition coefficient (Wildman–Crippen LogP) is 5.50. The molecule has 158 valence electrons. The van der Waals surface area contributed by atoms with Gasteiger partial charge in [-0.05, 0) is 51.5 Å². The number of hydrogen-bond acceptors (Lipinski definition) is 6. The third-order valence-corrected chi connectivity index (χ3v) is 5.67. The molecule has 1 N–H and O–H groups in total. The van der Waals surface area contributed by atoms with Gasteiger partial charge < -0.3 is 19.7 Å². The number of ether oxygens (including phenoxy) is 2. The van der Waals surface area contributed by atoms with Gasteiger partial charge in [-0.3, -0.25) is 0 Å². The van der Waals surface area contributed by atoms with E-state index in [2.05, 4.69) is 16.4 Å². The van der Waals surface area contributed by atoms with Gasteiger partial charge in [0.25, 0.3) is 0 Å². The number of thiazole rings is 1. The van der Waals surface area contributed by atoms with E-state index in [-0.39, 0.29) is 12.2 Å². The molecular weight excluding hydrogens is 410 g/mol. The second-order valence-corrected chi connectivity index (χ2v) is 9.90. The predicted molar refractivity (Wildman–Crippen MR) is 117 cm³/mol. The SMILES string of the molecule is Cc1cc(NCc2cnc(Cl)s2)ccc1OC1CCN(C(=O)OC(C)(C)C)CC1. The van der Waals surface area contributed by atoms with Crippen LogP contribution in [0.2, 0.25) is 4.47 Å². The molecule has 2 heterocycles. The summed E-state index contributed by atoms with van der Waals surface area (Å²) in [6.07, 6.45) is 3.24. The van der Waals surface area contributed by atoms with E-state index < -0.39 is 5.60 Å². The number of hydrogen-bond donors (Lipinski definition) is 1. The smallest absolute Gasteiger partial charge is 0.410 e. The van der Waals surface area contributed by atoms with Crippen molar-refractivity contribution in [3.63, 3.8) is 0 Å². The number of amides is 1. The van der Waals surface area contributed by atoms with Gasteiger partial charge in [0.1, 0.15) is 17.5 Å². The van der Waals surface area contributed by atoms with E-state index in [0.29, 0.717) is 24.1 Å². The van der Waals surface area contributed by atoms with Crippen LogP contribution in [0.5, 0.6) is 5.75 Å². The van der Waals surface area contributed by atoms with E-state index in [1.807, 2.05) is 39.8 Å². The number of halogens is 1. The quantitative estimate of drug-likeness (QED) is 0.669. The molecule has 1 fully saturated rings. The van der Waals surface area contributed by atoms with Crippen LogP contribution in [-0.2, 0) is 11.3 Å². The van der Waals surface area contributed by atoms with Crippen molar-refractivity contribution in [3.05, 3.63) is 39.3 Å². The van der Waals surface area contributed by atoms with Crippen LogP contribution in [0.25, 0.3) is 0 Å². The summed E-state index contributed by atoms with van der Waals surface area (Å²) in [7, 11) is 0. The fraction of sp³-hybridized carbons (Fsp3) is 0.524. The van der Waals surface area contributed by atoms with Gasteiger partial charge in [-0.15, -0.1) is 11.3 Å². The van der Waals surface area contributed by atoms with Crippen LogP contribution in [0, 0.1) is 6.92 Å². The Bertz CT molecular complexity index is 842. The topological polar surface area (TPSA) is 63.7 Å². The minimum atomic E-state index is -0.469. The van der Waals surface area contributed by atoms with E-state index in [0.717, 1.165) is 34.7 Å². The molecule has 1 amide bonds. The molecule has 0 spiro atoms. The van der Waals surface area contributed by atoms with Crippen molar-refractivity contribution >= 4 is 34.7 Å². The van der Waals surface area contributed by atoms with Crippen molar-refractivity contribution in [1.82, 2.24) is 9.88 Å². The van der Waals surface area contributed by atoms with E-state index >= 15 is 0 Å². The Hall–Kier alpha value is -1.99. The summed E-state index contributed by atoms with van der Waals surface area (Å²) in [6.45, 7) is 9.68. The Kier molecular flexibility index (Phi) is 6.90. The second-order valence-electron chi connectivity index (χ2n) is 8.20. The molecule has 0 unspecified atom stereocenters. The first-order valence-corrected chi connectivity index (χ1v) is 11.0. The molecule has 3 rings (SSSR count). The highest BCUT2D eigenvalue weighted by Crippen LogP contribution is 2.27. The minimum absolute atomic E-state index is 0.102. The summed E-state index contributed by atoms with van der Waals surface area (Å²) in [5.41, 5.74) is 1.63. The molecule has 0 bridgehead atoms. The monoisotopic (exact) mass is 437 g/mol. The molecular formula is C21H28ClN3O3S. The number of likely N-dealkylation sites (tertiary alicyclic amines) is 1. The number of aromatic nitrogens is 1. The summed E-state index contributed by atoms with van der Waals surface area (Å²) >= 11 is 7.34. The number of piperidine rings is 1. The van der Waals surface area contributed by atoms with Crippen molar-refractivity contribution in [2.24, 2.45) is 0 Å². The van der Waals surface area contributed by atoms with E-state index in [9.17, 15) is 4.79 Å². The number of carbonyl (C=O) groups is 1. The molecule has 1 saturated heterocycles. The van der Waals surface area contributed by atoms with E-state index in [4.69, 9.17) is 21.1 Å². The number of nitrogens with zero attached hydrogens (tertiary/aromatic N) is 2. The Morgan fingerprint density at radius 3 is 2.66 bits per heavy atom. The fourth-order valence-corrected chi connectivity index (χ4v) is 4.03. The van der Waals surface area contributed by atoms with Crippen LogP contribution in [0.4, 0.5) is 10.5 Å². The number of nitrogens with one attached hydrogen (secondary N) is 1. The second kappa shape index (κ2) is 9.22. The lowest BCUT2D eigenvalue weighted by Gasteiger charge is -2.33. The molecule has 0 saturated carbocycles. The van der Waals surface area contributed by atoms with Crippen molar-refractivity contribution in [3.8, 4) is 5.75 Å². The molecule has 2 aromatic rings. The van der Waals surface area contributed by atoms with E-state index in [1.165, 1.54) is 11.3 Å². The Labute approximate surface area is 181 Å². The van der Waals surface area contributed by atoms with Crippen LogP contribution in [0.3, 0.4) is 0 Å². The molecule has 0 radical (unpaired) electrons. The molecule has 0 aliphatic carbocycles. The van der Waals surface area contributed by atoms with Gasteiger partial charge in [0.2, 0.25) is 0 Å². The maximum Gasteiger partial charge on any atom is 0.410 e. The third kappa shape index (κ3) is 6.51. The third-order valence-electron chi connectivity index (χ3n) is 4.55. The normalized spacial score (nSPS) is 15.3. The average molecular weight is 438 g/mol. The van der Waals surface area contributed by atoms with Crippen LogP contribution in [0.15, 0.2) is 24.4 Å². The molecule has 29 heavy (non-hydrogen) atoms. The number of benzene rings is 1. The maximum absolute atomic E-state index is 12.2. The standard InChI is InChI=1S/C21H28ClN3O3S/c1-14-11-15(23-12-17-13-24-19(22)29-17)5-6-18(14)27-16-7-9-25(10-8-16)20(26)28-21(2,3)4/h5-6,11,13,16,23H,7-10,12H2,1-4H3. The molecule has 1 aromatic heterocycles. The lowest BCUT2D eigenvalue weighted by molar-refractivity contribution is 0.0126. The largest absolute Gasteiger partial charge is 0.490 e. The first-order valence-electron chi connectivity index (χ1n) is 9.79. The van der Waals surface area contributed by atoms with Crippen LogP contribution < -0.4 is 10.1 Å². The molecule has 6 nitrogen and oxygen atoms in total. The summed E-state index contributed by atoms with van der Waals surface area (Å²) < 4.78 is 12.2. The Morgan fingerprint density at radius 2 is 2.07 bits per heavy atom. The molecule has 1 aliphatic rings. The molecule has 8 heteroatoms. The zero-order valence-corrected chi connectivity index (χ0v) is 18.9. The summed E-state index contributed by atoms with van der Waals surface area (Å²) in [4.78, 5) is 19.1. The average Bonchev–Trinajstić information content (AvgIpc) is 3.06. The number of rotatable bonds is 5.